The van der Waals surface area contributed by atoms with E-state index in [2.05, 4.69) is 5.32 Å². The van der Waals surface area contributed by atoms with Gasteiger partial charge in [-0.05, 0) is 6.92 Å². The number of carboxylic acids is 1. The minimum atomic E-state index is -1.10. The fourth-order valence-electron chi connectivity index (χ4n) is 0.489. The molecule has 0 bridgehead atoms. The number of hydrogen-bond donors (Lipinski definition) is 4. The summed E-state index contributed by atoms with van der Waals surface area (Å²) in [6, 6.07) is -1.78. The molecule has 0 saturated carbocycles. The molecule has 0 aromatic carbocycles. The molecule has 0 saturated heterocycles. The summed E-state index contributed by atoms with van der Waals surface area (Å²) in [4.78, 5) is 21.2. The molecule has 0 aromatic rings. The fraction of sp³-hybridized carbons (Fsp3) is 0.667. The van der Waals surface area contributed by atoms with Crippen LogP contribution in [-0.2, 0) is 9.59 Å². The van der Waals surface area contributed by atoms with Crippen LogP contribution in [0.5, 0.6) is 0 Å². The molecule has 0 aliphatic carbocycles. The van der Waals surface area contributed by atoms with E-state index in [0.717, 1.165) is 0 Å². The highest BCUT2D eigenvalue weighted by Gasteiger charge is 2.17. The minimum Gasteiger partial charge on any atom is -0.480 e. The molecule has 0 aromatic heterocycles. The number of nitrogens with two attached hydrogens (primary N) is 2. The monoisotopic (exact) mass is 175 g/mol. The Morgan fingerprint density at radius 3 is 2.42 bits per heavy atom. The highest BCUT2D eigenvalue weighted by atomic mass is 16.4. The number of amides is 1. The van der Waals surface area contributed by atoms with Gasteiger partial charge < -0.3 is 21.9 Å². The topological polar surface area (TPSA) is 118 Å². The molecule has 70 valence electrons. The summed E-state index contributed by atoms with van der Waals surface area (Å²) in [5.41, 5.74) is 10.3. The number of nitrogens with one attached hydrogen (secondary N) is 1. The molecule has 0 aliphatic heterocycles. The van der Waals surface area contributed by atoms with Gasteiger partial charge in [-0.1, -0.05) is 0 Å². The van der Waals surface area contributed by atoms with Crippen LogP contribution in [0.2, 0.25) is 0 Å². The molecule has 0 radical (unpaired) electrons. The van der Waals surface area contributed by atoms with E-state index in [4.69, 9.17) is 16.6 Å². The number of aliphatic carboxylic acids is 1. The van der Waals surface area contributed by atoms with Gasteiger partial charge >= 0.3 is 5.97 Å². The van der Waals surface area contributed by atoms with Crippen molar-refractivity contribution in [2.45, 2.75) is 19.0 Å². The molecular formula is C6H13N3O3. The van der Waals surface area contributed by atoms with Gasteiger partial charge in [0, 0.05) is 6.54 Å². The van der Waals surface area contributed by atoms with E-state index in [0.29, 0.717) is 0 Å². The lowest BCUT2D eigenvalue weighted by Gasteiger charge is -2.12. The summed E-state index contributed by atoms with van der Waals surface area (Å²) < 4.78 is 0. The van der Waals surface area contributed by atoms with Crippen molar-refractivity contribution in [2.24, 2.45) is 11.5 Å². The largest absolute Gasteiger partial charge is 0.480 e. The second-order valence-electron chi connectivity index (χ2n) is 2.41. The third-order valence-corrected chi connectivity index (χ3v) is 1.32. The van der Waals surface area contributed by atoms with Crippen LogP contribution in [-0.4, -0.2) is 35.6 Å². The van der Waals surface area contributed by atoms with Crippen molar-refractivity contribution < 1.29 is 14.7 Å². The molecule has 1 unspecified atom stereocenters. The lowest BCUT2D eigenvalue weighted by molar-refractivity contribution is -0.141. The van der Waals surface area contributed by atoms with Crippen molar-refractivity contribution in [3.63, 3.8) is 0 Å². The Kier molecular flexibility index (Phi) is 4.24. The predicted molar refractivity (Wildman–Crippen MR) is 42.3 cm³/mol. The van der Waals surface area contributed by atoms with Crippen molar-refractivity contribution >= 4 is 11.9 Å². The lowest BCUT2D eigenvalue weighted by atomic mass is 10.2. The third-order valence-electron chi connectivity index (χ3n) is 1.32. The summed E-state index contributed by atoms with van der Waals surface area (Å²) in [6.45, 7) is 1.35. The standard InChI is InChI=1S/C6H13N3O3/c1-3(6(11)12)9-5(10)4(8)2-7/h3-4H,2,7-8H2,1H3,(H,9,10)(H,11,12)/t3?,4-/m0/s1. The molecule has 6 heteroatoms. The first kappa shape index (κ1) is 10.9. The van der Waals surface area contributed by atoms with Crippen LogP contribution in [0.15, 0.2) is 0 Å². The van der Waals surface area contributed by atoms with Gasteiger partial charge in [0.2, 0.25) is 5.91 Å². The first-order chi connectivity index (χ1) is 5.49. The zero-order valence-electron chi connectivity index (χ0n) is 6.78. The zero-order valence-corrected chi connectivity index (χ0v) is 6.78. The second kappa shape index (κ2) is 4.68. The van der Waals surface area contributed by atoms with Gasteiger partial charge in [0.15, 0.2) is 0 Å². The second-order valence-corrected chi connectivity index (χ2v) is 2.41. The number of carbonyl (C=O) groups is 2. The molecule has 0 fully saturated rings. The average molecular weight is 175 g/mol. The molecule has 6 nitrogen and oxygen atoms in total. The van der Waals surface area contributed by atoms with Crippen LogP contribution < -0.4 is 16.8 Å². The van der Waals surface area contributed by atoms with Gasteiger partial charge in [-0.25, -0.2) is 0 Å². The molecule has 2 atom stereocenters. The first-order valence-electron chi connectivity index (χ1n) is 3.48. The first-order valence-corrected chi connectivity index (χ1v) is 3.48. The van der Waals surface area contributed by atoms with Gasteiger partial charge in [0.1, 0.15) is 6.04 Å². The summed E-state index contributed by atoms with van der Waals surface area (Å²) >= 11 is 0. The zero-order chi connectivity index (χ0) is 9.72. The van der Waals surface area contributed by atoms with Crippen molar-refractivity contribution in [3.8, 4) is 0 Å². The normalized spacial score (nSPS) is 14.9. The SMILES string of the molecule is CC(NC(=O)[C@@H](N)CN)C(=O)O. The molecule has 6 N–H and O–H groups in total. The van der Waals surface area contributed by atoms with Gasteiger partial charge in [0.25, 0.3) is 0 Å². The Bertz CT molecular complexity index is 183. The van der Waals surface area contributed by atoms with Gasteiger partial charge in [-0.2, -0.15) is 0 Å². The number of carboxylic acid groups (broad SMARTS) is 1. The molecule has 0 aliphatic rings. The molecule has 0 rings (SSSR count). The smallest absolute Gasteiger partial charge is 0.325 e. The van der Waals surface area contributed by atoms with E-state index in [-0.39, 0.29) is 6.54 Å². The van der Waals surface area contributed by atoms with Gasteiger partial charge in [-0.3, -0.25) is 9.59 Å². The third kappa shape index (κ3) is 3.31. The maximum absolute atomic E-state index is 10.9. The molecule has 12 heavy (non-hydrogen) atoms. The number of hydrogen-bond acceptors (Lipinski definition) is 4. The average Bonchev–Trinajstić information content (AvgIpc) is 2.02. The number of rotatable bonds is 4. The Balaban J connectivity index is 3.92. The van der Waals surface area contributed by atoms with Crippen LogP contribution in [0.25, 0.3) is 0 Å². The van der Waals surface area contributed by atoms with Crippen LogP contribution in [0.4, 0.5) is 0 Å². The Morgan fingerprint density at radius 1 is 1.58 bits per heavy atom. The summed E-state index contributed by atoms with van der Waals surface area (Å²) in [7, 11) is 0. The van der Waals surface area contributed by atoms with Crippen LogP contribution in [0.3, 0.4) is 0 Å². The van der Waals surface area contributed by atoms with E-state index in [1.807, 2.05) is 0 Å². The summed E-state index contributed by atoms with van der Waals surface area (Å²) in [5, 5.41) is 10.6. The summed E-state index contributed by atoms with van der Waals surface area (Å²) in [6.07, 6.45) is 0. The Hall–Kier alpha value is -1.14. The molecule has 0 spiro atoms. The highest BCUT2D eigenvalue weighted by Crippen LogP contribution is 1.83. The summed E-state index contributed by atoms with van der Waals surface area (Å²) in [5.74, 6) is -1.65. The predicted octanol–water partition coefficient (Wildman–Crippen LogP) is -2.14. The maximum atomic E-state index is 10.9. The van der Waals surface area contributed by atoms with Crippen LogP contribution >= 0.6 is 0 Å². The van der Waals surface area contributed by atoms with Crippen molar-refractivity contribution in [1.82, 2.24) is 5.32 Å². The van der Waals surface area contributed by atoms with Crippen LogP contribution in [0, 0.1) is 0 Å². The van der Waals surface area contributed by atoms with Gasteiger partial charge in [0.05, 0.1) is 6.04 Å². The van der Waals surface area contributed by atoms with Crippen molar-refractivity contribution in [2.75, 3.05) is 6.54 Å². The fourth-order valence-corrected chi connectivity index (χ4v) is 0.489. The van der Waals surface area contributed by atoms with E-state index < -0.39 is 24.0 Å². The molecule has 1 amide bonds. The lowest BCUT2D eigenvalue weighted by Crippen LogP contribution is -2.50. The Labute approximate surface area is 69.9 Å². The highest BCUT2D eigenvalue weighted by molar-refractivity contribution is 5.86. The van der Waals surface area contributed by atoms with E-state index >= 15 is 0 Å². The van der Waals surface area contributed by atoms with Crippen molar-refractivity contribution in [3.05, 3.63) is 0 Å². The van der Waals surface area contributed by atoms with E-state index in [9.17, 15) is 9.59 Å². The van der Waals surface area contributed by atoms with Crippen molar-refractivity contribution in [1.29, 1.82) is 0 Å². The van der Waals surface area contributed by atoms with Gasteiger partial charge in [-0.15, -0.1) is 0 Å². The quantitative estimate of drug-likeness (QED) is 0.389. The Morgan fingerprint density at radius 2 is 2.08 bits per heavy atom. The minimum absolute atomic E-state index is 0.00181. The maximum Gasteiger partial charge on any atom is 0.325 e. The van der Waals surface area contributed by atoms with E-state index in [1.54, 1.807) is 0 Å². The molecule has 0 heterocycles. The number of carbonyl (C=O) groups excluding carboxylic acids is 1. The van der Waals surface area contributed by atoms with E-state index in [1.165, 1.54) is 6.92 Å². The van der Waals surface area contributed by atoms with Crippen LogP contribution in [0.1, 0.15) is 6.92 Å². The molecular weight excluding hydrogens is 162 g/mol.